The van der Waals surface area contributed by atoms with Gasteiger partial charge in [0.05, 0.1) is 6.04 Å². The molecule has 1 unspecified atom stereocenters. The summed E-state index contributed by atoms with van der Waals surface area (Å²) in [4.78, 5) is 11.8. The average molecular weight is 328 g/mol. The zero-order valence-electron chi connectivity index (χ0n) is 14.0. The summed E-state index contributed by atoms with van der Waals surface area (Å²) in [5.41, 5.74) is 3.27. The van der Waals surface area contributed by atoms with Crippen LogP contribution in [0, 0.1) is 0 Å². The smallest absolute Gasteiger partial charge is 0.249 e. The van der Waals surface area contributed by atoms with E-state index in [-0.39, 0.29) is 11.9 Å². The van der Waals surface area contributed by atoms with Crippen LogP contribution in [-0.2, 0) is 4.79 Å². The molecule has 25 heavy (non-hydrogen) atoms. The minimum absolute atomic E-state index is 0.212. The van der Waals surface area contributed by atoms with Crippen molar-refractivity contribution >= 4 is 51.1 Å². The molecule has 0 heterocycles. The number of nitrogens with two attached hydrogens (primary N) is 1. The predicted molar refractivity (Wildman–Crippen MR) is 105 cm³/mol. The van der Waals surface area contributed by atoms with E-state index in [1.807, 2.05) is 14.3 Å². The molecule has 0 saturated carbocycles. The maximum absolute atomic E-state index is 11.8. The van der Waals surface area contributed by atoms with Crippen LogP contribution in [0.5, 0.6) is 0 Å². The Morgan fingerprint density at radius 2 is 1.64 bits per heavy atom. The van der Waals surface area contributed by atoms with Gasteiger partial charge in [-0.25, -0.2) is 5.84 Å². The Bertz CT molecular complexity index is 1050. The van der Waals surface area contributed by atoms with Crippen LogP contribution in [0.15, 0.2) is 54.6 Å². The van der Waals surface area contributed by atoms with Crippen LogP contribution in [0.1, 0.15) is 13.3 Å². The van der Waals surface area contributed by atoms with Gasteiger partial charge in [0.1, 0.15) is 0 Å². The fourth-order valence-corrected chi connectivity index (χ4v) is 3.55. The second kappa shape index (κ2) is 6.35. The molecule has 0 fully saturated rings. The first-order chi connectivity index (χ1) is 12.2. The van der Waals surface area contributed by atoms with Crippen LogP contribution in [0.25, 0.3) is 32.3 Å². The Hall–Kier alpha value is -2.63. The molecule has 4 N–H and O–H groups in total. The normalized spacial score (nSPS) is 12.7. The summed E-state index contributed by atoms with van der Waals surface area (Å²) in [6.45, 7) is 1.95. The standard InChI is InChI=1S/C20H19BN3O/c1-2-17(20(25)24-22)23-21-16-11-9-14-7-6-12-4-3-5-13-8-10-15(16)19(14)18(12)13/h3-11,17,23H,2,22H2,1H3,(H,24,25). The molecule has 1 atom stereocenters. The lowest BCUT2D eigenvalue weighted by molar-refractivity contribution is -0.122. The van der Waals surface area contributed by atoms with Crippen LogP contribution in [-0.4, -0.2) is 19.4 Å². The van der Waals surface area contributed by atoms with Crippen LogP contribution in [0.4, 0.5) is 0 Å². The zero-order valence-corrected chi connectivity index (χ0v) is 14.0. The number of hydrazine groups is 1. The number of nitrogens with one attached hydrogen (secondary N) is 2. The van der Waals surface area contributed by atoms with Gasteiger partial charge in [0.25, 0.3) is 0 Å². The molecule has 1 radical (unpaired) electrons. The van der Waals surface area contributed by atoms with Crippen molar-refractivity contribution in [3.63, 3.8) is 0 Å². The number of benzene rings is 4. The fraction of sp³-hybridized carbons (Fsp3) is 0.150. The predicted octanol–water partition coefficient (Wildman–Crippen LogP) is 2.19. The highest BCUT2D eigenvalue weighted by Gasteiger charge is 2.16. The van der Waals surface area contributed by atoms with Crippen molar-refractivity contribution < 1.29 is 4.79 Å². The molecule has 0 aliphatic heterocycles. The molecule has 0 saturated heterocycles. The van der Waals surface area contributed by atoms with Gasteiger partial charge in [-0.15, -0.1) is 0 Å². The molecule has 1 amide bonds. The summed E-state index contributed by atoms with van der Waals surface area (Å²) in [6, 6.07) is 18.9. The lowest BCUT2D eigenvalue weighted by Crippen LogP contribution is -2.49. The summed E-state index contributed by atoms with van der Waals surface area (Å²) >= 11 is 0. The second-order valence-corrected chi connectivity index (χ2v) is 6.29. The van der Waals surface area contributed by atoms with E-state index in [0.29, 0.717) is 6.42 Å². The van der Waals surface area contributed by atoms with E-state index in [1.54, 1.807) is 0 Å². The molecule has 4 aromatic carbocycles. The quantitative estimate of drug-likeness (QED) is 0.173. The van der Waals surface area contributed by atoms with Gasteiger partial charge in [-0.3, -0.25) is 10.2 Å². The highest BCUT2D eigenvalue weighted by molar-refractivity contribution is 6.56. The Kier molecular flexibility index (Phi) is 4.03. The second-order valence-electron chi connectivity index (χ2n) is 6.29. The maximum Gasteiger partial charge on any atom is 0.249 e. The van der Waals surface area contributed by atoms with Gasteiger partial charge in [0.2, 0.25) is 13.3 Å². The summed E-state index contributed by atoms with van der Waals surface area (Å²) in [6.07, 6.45) is 0.658. The average Bonchev–Trinajstić information content (AvgIpc) is 2.67. The molecule has 4 rings (SSSR count). The van der Waals surface area contributed by atoms with Crippen molar-refractivity contribution in [1.82, 2.24) is 10.7 Å². The van der Waals surface area contributed by atoms with E-state index in [4.69, 9.17) is 5.84 Å². The Labute approximate surface area is 146 Å². The van der Waals surface area contributed by atoms with Crippen molar-refractivity contribution in [3.8, 4) is 0 Å². The van der Waals surface area contributed by atoms with Crippen molar-refractivity contribution in [3.05, 3.63) is 54.6 Å². The molecule has 5 heteroatoms. The lowest BCUT2D eigenvalue weighted by atomic mass is 9.76. The van der Waals surface area contributed by atoms with Gasteiger partial charge in [-0.2, -0.15) is 0 Å². The van der Waals surface area contributed by atoms with Gasteiger partial charge in [-0.05, 0) is 38.7 Å². The number of hydrogen-bond donors (Lipinski definition) is 3. The first-order valence-corrected chi connectivity index (χ1v) is 8.49. The van der Waals surface area contributed by atoms with Gasteiger partial charge in [0.15, 0.2) is 0 Å². The minimum atomic E-state index is -0.344. The highest BCUT2D eigenvalue weighted by Crippen LogP contribution is 2.33. The van der Waals surface area contributed by atoms with Crippen molar-refractivity contribution in [2.75, 3.05) is 0 Å². The summed E-state index contributed by atoms with van der Waals surface area (Å²) in [7, 11) is 1.91. The molecular formula is C20H19BN3O. The fourth-order valence-electron chi connectivity index (χ4n) is 3.55. The topological polar surface area (TPSA) is 67.2 Å². The SMILES string of the molecule is CCC(N[B]c1ccc2ccc3cccc4ccc1c2c34)C(=O)NN. The van der Waals surface area contributed by atoms with Crippen molar-refractivity contribution in [2.45, 2.75) is 19.4 Å². The van der Waals surface area contributed by atoms with E-state index in [1.165, 1.54) is 32.3 Å². The molecule has 0 bridgehead atoms. The van der Waals surface area contributed by atoms with Crippen molar-refractivity contribution in [2.24, 2.45) is 5.84 Å². The molecular weight excluding hydrogens is 309 g/mol. The van der Waals surface area contributed by atoms with E-state index in [0.717, 1.165) is 5.46 Å². The van der Waals surface area contributed by atoms with Crippen LogP contribution in [0.2, 0.25) is 0 Å². The summed E-state index contributed by atoms with van der Waals surface area (Å²) in [5, 5.41) is 10.6. The number of carbonyl (C=O) groups excluding carboxylic acids is 1. The molecule has 0 spiro atoms. The highest BCUT2D eigenvalue weighted by atomic mass is 16.2. The van der Waals surface area contributed by atoms with Crippen LogP contribution < -0.4 is 22.0 Å². The lowest BCUT2D eigenvalue weighted by Gasteiger charge is -2.17. The molecule has 4 nitrogen and oxygen atoms in total. The first kappa shape index (κ1) is 15.9. The van der Waals surface area contributed by atoms with Crippen molar-refractivity contribution in [1.29, 1.82) is 0 Å². The van der Waals surface area contributed by atoms with E-state index >= 15 is 0 Å². The number of hydrogen-bond acceptors (Lipinski definition) is 3. The van der Waals surface area contributed by atoms with E-state index in [9.17, 15) is 4.79 Å². The van der Waals surface area contributed by atoms with Crippen LogP contribution >= 0.6 is 0 Å². The Balaban J connectivity index is 1.81. The summed E-state index contributed by atoms with van der Waals surface area (Å²) < 4.78 is 0. The molecule has 0 aromatic heterocycles. The van der Waals surface area contributed by atoms with Gasteiger partial charge < -0.3 is 5.23 Å². The van der Waals surface area contributed by atoms with E-state index < -0.39 is 0 Å². The molecule has 0 aliphatic rings. The Morgan fingerprint density at radius 1 is 1.00 bits per heavy atom. The van der Waals surface area contributed by atoms with Gasteiger partial charge in [0, 0.05) is 0 Å². The molecule has 4 aromatic rings. The first-order valence-electron chi connectivity index (χ1n) is 8.49. The Morgan fingerprint density at radius 3 is 2.32 bits per heavy atom. The number of rotatable bonds is 5. The third kappa shape index (κ3) is 2.62. The van der Waals surface area contributed by atoms with Gasteiger partial charge in [-0.1, -0.05) is 67.0 Å². The zero-order chi connectivity index (χ0) is 17.4. The maximum atomic E-state index is 11.8. The summed E-state index contributed by atoms with van der Waals surface area (Å²) in [5.74, 6) is 5.04. The van der Waals surface area contributed by atoms with E-state index in [2.05, 4.69) is 65.3 Å². The molecule has 123 valence electrons. The number of amides is 1. The minimum Gasteiger partial charge on any atom is -0.346 e. The van der Waals surface area contributed by atoms with Crippen LogP contribution in [0.3, 0.4) is 0 Å². The molecule has 0 aliphatic carbocycles. The van der Waals surface area contributed by atoms with Gasteiger partial charge >= 0.3 is 0 Å². The third-order valence-corrected chi connectivity index (χ3v) is 4.87. The third-order valence-electron chi connectivity index (χ3n) is 4.87. The largest absolute Gasteiger partial charge is 0.346 e. The number of carbonyl (C=O) groups is 1. The monoisotopic (exact) mass is 328 g/mol.